The van der Waals surface area contributed by atoms with Crippen molar-refractivity contribution in [1.29, 1.82) is 0 Å². The Balaban J connectivity index is 2.99. The lowest BCUT2D eigenvalue weighted by Gasteiger charge is -2.31. The molecule has 0 aromatic carbocycles. The molecule has 27 heteroatoms. The molecule has 64 heavy (non-hydrogen) atoms. The van der Waals surface area contributed by atoms with Gasteiger partial charge in [-0.15, -0.1) is 0 Å². The molecule has 0 bridgehead atoms. The van der Waals surface area contributed by atoms with Gasteiger partial charge in [-0.3, -0.25) is 48.1 Å². The maximum absolute atomic E-state index is 13.9. The summed E-state index contributed by atoms with van der Waals surface area (Å²) in [5.41, 5.74) is 26.9. The number of nitrogens with two attached hydrogens (primary N) is 5. The summed E-state index contributed by atoms with van der Waals surface area (Å²) >= 11 is 0. The van der Waals surface area contributed by atoms with Crippen LogP contribution in [-0.4, -0.2) is 173 Å². The van der Waals surface area contributed by atoms with Crippen molar-refractivity contribution in [3.63, 3.8) is 0 Å². The van der Waals surface area contributed by atoms with Gasteiger partial charge in [0, 0.05) is 13.1 Å². The molecule has 0 spiro atoms. The molecule has 1 fully saturated rings. The van der Waals surface area contributed by atoms with Crippen molar-refractivity contribution in [3.8, 4) is 0 Å². The Kier molecular flexibility index (Phi) is 24.9. The fraction of sp³-hybridized carbons (Fsp3) is 0.703. The molecule has 20 N–H and O–H groups in total. The minimum absolute atomic E-state index is 0.00348. The SMILES string of the molecule is CC(C)[C@H](NC(=O)[C@@H]1CCCN1C(=O)[C@H](CCCCN)NC(=O)CNC(=O)[C@H](CO)NC(=O)[C@H](C)NC(=O)[C@H](CCCN=C(N)N)NC(=O)[C@@H](N)CO)C(=O)N[C@@H](CC(N)=O)C(=O)O. The van der Waals surface area contributed by atoms with Crippen molar-refractivity contribution < 1.29 is 63.3 Å². The molecule has 0 saturated carbocycles. The Bertz CT molecular complexity index is 1680. The van der Waals surface area contributed by atoms with Crippen LogP contribution in [0.4, 0.5) is 0 Å². The Morgan fingerprint density at radius 1 is 0.719 bits per heavy atom. The number of nitrogens with one attached hydrogen (secondary N) is 7. The lowest BCUT2D eigenvalue weighted by Crippen LogP contribution is -2.59. The van der Waals surface area contributed by atoms with Crippen molar-refractivity contribution in [2.75, 3.05) is 39.4 Å². The van der Waals surface area contributed by atoms with Gasteiger partial charge in [-0.05, 0) is 64.3 Å². The van der Waals surface area contributed by atoms with Crippen LogP contribution in [0.3, 0.4) is 0 Å². The molecule has 1 heterocycles. The van der Waals surface area contributed by atoms with Crippen molar-refractivity contribution >= 4 is 65.1 Å². The zero-order valence-corrected chi connectivity index (χ0v) is 36.3. The molecular weight excluding hydrogens is 848 g/mol. The number of rotatable bonds is 29. The van der Waals surface area contributed by atoms with E-state index < -0.39 is 140 Å². The van der Waals surface area contributed by atoms with Crippen molar-refractivity contribution in [2.24, 2.45) is 39.6 Å². The number of aliphatic imine (C=N–C) groups is 1. The number of guanidine groups is 1. The molecule has 0 aromatic rings. The lowest BCUT2D eigenvalue weighted by molar-refractivity contribution is -0.144. The number of likely N-dealkylation sites (tertiary alicyclic amines) is 1. The van der Waals surface area contributed by atoms with Crippen LogP contribution in [0.5, 0.6) is 0 Å². The molecule has 0 unspecified atom stereocenters. The third-order valence-electron chi connectivity index (χ3n) is 9.79. The van der Waals surface area contributed by atoms with Gasteiger partial charge in [0.25, 0.3) is 0 Å². The van der Waals surface area contributed by atoms with E-state index in [1.807, 2.05) is 0 Å². The monoisotopic (exact) mass is 914 g/mol. The number of carboxylic acid groups (broad SMARTS) is 1. The van der Waals surface area contributed by atoms with Crippen LogP contribution in [-0.2, 0) is 47.9 Å². The summed E-state index contributed by atoms with van der Waals surface area (Å²) in [5, 5.41) is 45.1. The van der Waals surface area contributed by atoms with E-state index >= 15 is 0 Å². The molecule has 362 valence electrons. The van der Waals surface area contributed by atoms with E-state index in [0.29, 0.717) is 19.3 Å². The van der Waals surface area contributed by atoms with Crippen LogP contribution < -0.4 is 65.9 Å². The van der Waals surface area contributed by atoms with Gasteiger partial charge in [-0.25, -0.2) is 4.79 Å². The standard InChI is InChI=1S/C37H66N14O13/c1-18(2)28(34(61)48-23(36(63)64)14-26(40)54)50-33(60)25-10-7-13-51(25)35(62)22(8-4-5-11-38)46-27(55)15-44-31(58)24(17-53)49-29(56)19(3)45-32(59)21(9-6-12-43-37(41)42)47-30(57)20(39)16-52/h18-25,28,52-53H,4-17,38-39H2,1-3H3,(H2,40,54)(H,44,58)(H,45,59)(H,46,55)(H,47,57)(H,48,61)(H,49,56)(H,50,60)(H,63,64)(H4,41,42,43)/t19-,20-,21-,22-,23-,24-,25-,28-/m0/s1. The van der Waals surface area contributed by atoms with Gasteiger partial charge in [0.05, 0.1) is 26.2 Å². The number of aliphatic hydroxyl groups is 2. The van der Waals surface area contributed by atoms with Crippen molar-refractivity contribution in [2.45, 2.75) is 120 Å². The van der Waals surface area contributed by atoms with E-state index in [1.54, 1.807) is 13.8 Å². The number of aliphatic hydroxyl groups excluding tert-OH is 2. The van der Waals surface area contributed by atoms with E-state index in [0.717, 1.165) is 0 Å². The van der Waals surface area contributed by atoms with E-state index in [4.69, 9.17) is 28.7 Å². The summed E-state index contributed by atoms with van der Waals surface area (Å²) in [5.74, 6) is -9.98. The van der Waals surface area contributed by atoms with Crippen molar-refractivity contribution in [1.82, 2.24) is 42.1 Å². The van der Waals surface area contributed by atoms with E-state index in [9.17, 15) is 63.3 Å². The van der Waals surface area contributed by atoms with Crippen molar-refractivity contribution in [3.05, 3.63) is 0 Å². The van der Waals surface area contributed by atoms with Gasteiger partial charge < -0.3 is 86.1 Å². The third-order valence-corrected chi connectivity index (χ3v) is 9.79. The second-order valence-corrected chi connectivity index (χ2v) is 15.4. The number of hydrogen-bond donors (Lipinski definition) is 15. The quantitative estimate of drug-likeness (QED) is 0.0188. The minimum Gasteiger partial charge on any atom is -0.480 e. The van der Waals surface area contributed by atoms with Crippen LogP contribution in [0.15, 0.2) is 4.99 Å². The molecule has 27 nitrogen and oxygen atoms in total. The second kappa shape index (κ2) is 28.5. The van der Waals surface area contributed by atoms with Crippen LogP contribution >= 0.6 is 0 Å². The summed E-state index contributed by atoms with van der Waals surface area (Å²) in [6.07, 6.45) is 1.04. The molecule has 1 aliphatic heterocycles. The molecule has 0 aliphatic carbocycles. The Morgan fingerprint density at radius 2 is 1.34 bits per heavy atom. The predicted octanol–water partition coefficient (Wildman–Crippen LogP) is -7.87. The largest absolute Gasteiger partial charge is 0.480 e. The molecule has 0 aromatic heterocycles. The summed E-state index contributed by atoms with van der Waals surface area (Å²) < 4.78 is 0. The number of carbonyl (C=O) groups excluding carboxylic acids is 9. The topological polar surface area (TPSA) is 461 Å². The smallest absolute Gasteiger partial charge is 0.326 e. The van der Waals surface area contributed by atoms with Crippen LogP contribution in [0.25, 0.3) is 0 Å². The van der Waals surface area contributed by atoms with E-state index in [1.165, 1.54) is 11.8 Å². The Morgan fingerprint density at radius 3 is 1.91 bits per heavy atom. The van der Waals surface area contributed by atoms with E-state index in [2.05, 4.69) is 42.2 Å². The molecule has 1 saturated heterocycles. The van der Waals surface area contributed by atoms with Gasteiger partial charge in [0.2, 0.25) is 53.2 Å². The highest BCUT2D eigenvalue weighted by Crippen LogP contribution is 2.21. The van der Waals surface area contributed by atoms with Gasteiger partial charge in [-0.1, -0.05) is 13.8 Å². The second-order valence-electron chi connectivity index (χ2n) is 15.4. The lowest BCUT2D eigenvalue weighted by atomic mass is 10.0. The summed E-state index contributed by atoms with van der Waals surface area (Å²) in [6.45, 7) is 2.55. The number of carboxylic acids is 1. The zero-order chi connectivity index (χ0) is 48.7. The highest BCUT2D eigenvalue weighted by atomic mass is 16.4. The third kappa shape index (κ3) is 19.5. The van der Waals surface area contributed by atoms with Crippen LogP contribution in [0.1, 0.15) is 72.1 Å². The normalized spacial score (nSPS) is 16.6. The van der Waals surface area contributed by atoms with Gasteiger partial charge in [0.15, 0.2) is 5.96 Å². The summed E-state index contributed by atoms with van der Waals surface area (Å²) in [7, 11) is 0. The summed E-state index contributed by atoms with van der Waals surface area (Å²) in [4.78, 5) is 133. The molecule has 9 amide bonds. The number of nitrogens with zero attached hydrogens (tertiary/aromatic N) is 2. The molecule has 1 aliphatic rings. The minimum atomic E-state index is -1.65. The first-order valence-corrected chi connectivity index (χ1v) is 20.7. The molecule has 1 rings (SSSR count). The fourth-order valence-corrected chi connectivity index (χ4v) is 6.24. The first-order chi connectivity index (χ1) is 30.1. The highest BCUT2D eigenvalue weighted by molar-refractivity contribution is 5.98. The number of unbranched alkanes of at least 4 members (excludes halogenated alkanes) is 1. The number of amides is 9. The summed E-state index contributed by atoms with van der Waals surface area (Å²) in [6, 6.07) is -10.7. The first-order valence-electron chi connectivity index (χ1n) is 20.7. The molecular formula is C37H66N14O13. The van der Waals surface area contributed by atoms with Gasteiger partial charge >= 0.3 is 5.97 Å². The highest BCUT2D eigenvalue weighted by Gasteiger charge is 2.40. The average Bonchev–Trinajstić information content (AvgIpc) is 3.73. The zero-order valence-electron chi connectivity index (χ0n) is 36.3. The number of hydrogen-bond acceptors (Lipinski definition) is 15. The average molecular weight is 915 g/mol. The van der Waals surface area contributed by atoms with Gasteiger partial charge in [0.1, 0.15) is 48.3 Å². The molecule has 8 atom stereocenters. The van der Waals surface area contributed by atoms with Gasteiger partial charge in [-0.2, -0.15) is 0 Å². The number of aliphatic carboxylic acids is 1. The Labute approximate surface area is 369 Å². The number of primary amides is 1. The Hall–Kier alpha value is -6.19. The first kappa shape index (κ1) is 55.8. The van der Waals surface area contributed by atoms with Crippen LogP contribution in [0.2, 0.25) is 0 Å². The molecule has 0 radical (unpaired) electrons. The van der Waals surface area contributed by atoms with E-state index in [-0.39, 0.29) is 51.3 Å². The maximum atomic E-state index is 13.9. The fourth-order valence-electron chi connectivity index (χ4n) is 6.24. The predicted molar refractivity (Wildman–Crippen MR) is 226 cm³/mol. The number of carbonyl (C=O) groups is 10. The maximum Gasteiger partial charge on any atom is 0.326 e. The van der Waals surface area contributed by atoms with Crippen LogP contribution in [0, 0.1) is 5.92 Å².